The normalized spacial score (nSPS) is 11.9. The van der Waals surface area contributed by atoms with Gasteiger partial charge in [0.05, 0.1) is 13.2 Å². The number of amides is 1. The summed E-state index contributed by atoms with van der Waals surface area (Å²) in [5, 5.41) is 6.37. The number of rotatable bonds is 7. The van der Waals surface area contributed by atoms with E-state index in [-0.39, 0.29) is 19.2 Å². The number of nitrogens with one attached hydrogen (secondary N) is 2. The quantitative estimate of drug-likeness (QED) is 0.553. The van der Waals surface area contributed by atoms with E-state index in [0.29, 0.717) is 24.8 Å². The van der Waals surface area contributed by atoms with Gasteiger partial charge in [-0.2, -0.15) is 0 Å². The summed E-state index contributed by atoms with van der Waals surface area (Å²) in [7, 11) is 3.36. The van der Waals surface area contributed by atoms with Crippen LogP contribution >= 0.6 is 12.2 Å². The van der Waals surface area contributed by atoms with Crippen LogP contribution < -0.4 is 20.1 Å². The Balaban J connectivity index is 1.74. The molecule has 2 rings (SSSR count). The van der Waals surface area contributed by atoms with Crippen LogP contribution in [0.3, 0.4) is 0 Å². The van der Waals surface area contributed by atoms with E-state index in [2.05, 4.69) is 10.6 Å². The zero-order valence-corrected chi connectivity index (χ0v) is 14.1. The Labute approximate surface area is 140 Å². The van der Waals surface area contributed by atoms with E-state index >= 15 is 0 Å². The number of thiocarbonyl (C=S) groups is 1. The van der Waals surface area contributed by atoms with Crippen LogP contribution in [0.2, 0.25) is 0 Å². The lowest BCUT2D eigenvalue weighted by atomic mass is 10.2. The zero-order valence-electron chi connectivity index (χ0n) is 13.3. The molecular formula is C15H21N3O4S. The van der Waals surface area contributed by atoms with Gasteiger partial charge in [-0.1, -0.05) is 6.07 Å². The Morgan fingerprint density at radius 2 is 2.13 bits per heavy atom. The highest BCUT2D eigenvalue weighted by Crippen LogP contribution is 2.32. The summed E-state index contributed by atoms with van der Waals surface area (Å²) < 4.78 is 15.5. The van der Waals surface area contributed by atoms with E-state index in [1.165, 1.54) is 0 Å². The highest BCUT2D eigenvalue weighted by Gasteiger charge is 2.14. The second-order valence-corrected chi connectivity index (χ2v) is 5.43. The molecule has 2 N–H and O–H groups in total. The molecule has 0 aliphatic carbocycles. The van der Waals surface area contributed by atoms with Crippen molar-refractivity contribution in [3.05, 3.63) is 23.8 Å². The number of carbonyl (C=O) groups is 1. The van der Waals surface area contributed by atoms with E-state index in [1.807, 2.05) is 18.2 Å². The van der Waals surface area contributed by atoms with Gasteiger partial charge in [0.2, 0.25) is 12.7 Å². The predicted octanol–water partition coefficient (Wildman–Crippen LogP) is 0.484. The van der Waals surface area contributed by atoms with Gasteiger partial charge in [0, 0.05) is 27.2 Å². The average molecular weight is 339 g/mol. The first-order valence-electron chi connectivity index (χ1n) is 7.23. The average Bonchev–Trinajstić information content (AvgIpc) is 3.00. The second-order valence-electron chi connectivity index (χ2n) is 5.05. The lowest BCUT2D eigenvalue weighted by Crippen LogP contribution is -2.43. The van der Waals surface area contributed by atoms with Crippen LogP contribution in [0.25, 0.3) is 0 Å². The Morgan fingerprint density at radius 3 is 2.91 bits per heavy atom. The van der Waals surface area contributed by atoms with Crippen LogP contribution in [0.5, 0.6) is 11.5 Å². The maximum atomic E-state index is 11.7. The first-order chi connectivity index (χ1) is 11.1. The lowest BCUT2D eigenvalue weighted by molar-refractivity contribution is -0.121. The largest absolute Gasteiger partial charge is 0.454 e. The fraction of sp³-hybridized carbons (Fsp3) is 0.467. The number of likely N-dealkylation sites (N-methyl/N-ethyl adjacent to an activating group) is 1. The minimum absolute atomic E-state index is 0.100. The molecular weight excluding hydrogens is 318 g/mol. The van der Waals surface area contributed by atoms with Crippen molar-refractivity contribution >= 4 is 23.2 Å². The van der Waals surface area contributed by atoms with Crippen molar-refractivity contribution in [1.82, 2.24) is 15.5 Å². The van der Waals surface area contributed by atoms with Crippen molar-refractivity contribution in [1.29, 1.82) is 0 Å². The van der Waals surface area contributed by atoms with Gasteiger partial charge in [0.25, 0.3) is 0 Å². The summed E-state index contributed by atoms with van der Waals surface area (Å²) in [5.41, 5.74) is 1.02. The molecule has 0 saturated carbocycles. The molecule has 1 heterocycles. The number of nitrogens with zero attached hydrogens (tertiary/aromatic N) is 1. The smallest absolute Gasteiger partial charge is 0.239 e. The van der Waals surface area contributed by atoms with E-state index in [9.17, 15) is 4.79 Å². The van der Waals surface area contributed by atoms with Crippen LogP contribution in [0.15, 0.2) is 18.2 Å². The van der Waals surface area contributed by atoms with Gasteiger partial charge < -0.3 is 29.7 Å². The molecule has 0 fully saturated rings. The number of benzene rings is 1. The van der Waals surface area contributed by atoms with Crippen molar-refractivity contribution in [3.63, 3.8) is 0 Å². The number of ether oxygens (including phenoxy) is 3. The van der Waals surface area contributed by atoms with Crippen molar-refractivity contribution in [2.45, 2.75) is 6.54 Å². The van der Waals surface area contributed by atoms with Gasteiger partial charge in [-0.25, -0.2) is 0 Å². The molecule has 0 atom stereocenters. The highest BCUT2D eigenvalue weighted by atomic mass is 32.1. The van der Waals surface area contributed by atoms with Gasteiger partial charge in [-0.05, 0) is 29.9 Å². The Hall–Kier alpha value is -2.06. The molecule has 0 aromatic heterocycles. The van der Waals surface area contributed by atoms with Crippen LogP contribution in [0.4, 0.5) is 0 Å². The maximum Gasteiger partial charge on any atom is 0.239 e. The topological polar surface area (TPSA) is 72.1 Å². The van der Waals surface area contributed by atoms with Gasteiger partial charge >= 0.3 is 0 Å². The monoisotopic (exact) mass is 339 g/mol. The van der Waals surface area contributed by atoms with Gasteiger partial charge in [-0.15, -0.1) is 0 Å². The Morgan fingerprint density at radius 1 is 1.35 bits per heavy atom. The number of methoxy groups -OCH3 is 1. The third-order valence-electron chi connectivity index (χ3n) is 3.24. The minimum Gasteiger partial charge on any atom is -0.454 e. The fourth-order valence-electron chi connectivity index (χ4n) is 2.00. The number of hydrogen-bond acceptors (Lipinski definition) is 5. The summed E-state index contributed by atoms with van der Waals surface area (Å²) in [5.74, 6) is 1.39. The van der Waals surface area contributed by atoms with Crippen LogP contribution in [0, 0.1) is 0 Å². The van der Waals surface area contributed by atoms with E-state index in [1.54, 1.807) is 19.1 Å². The lowest BCUT2D eigenvalue weighted by Gasteiger charge is -2.20. The molecule has 1 aromatic carbocycles. The molecule has 0 unspecified atom stereocenters. The third-order valence-corrected chi connectivity index (χ3v) is 3.69. The zero-order chi connectivity index (χ0) is 16.7. The standard InChI is InChI=1S/C15H21N3O4S/c1-18(9-14(19)16-5-6-20-2)15(23)17-8-11-3-4-12-13(7-11)22-10-21-12/h3-4,7H,5-6,8-10H2,1-2H3,(H,16,19)(H,17,23). The van der Waals surface area contributed by atoms with Gasteiger partial charge in [-0.3, -0.25) is 4.79 Å². The molecule has 1 aliphatic heterocycles. The predicted molar refractivity (Wildman–Crippen MR) is 89.5 cm³/mol. The van der Waals surface area contributed by atoms with Crippen molar-refractivity contribution < 1.29 is 19.0 Å². The molecule has 1 aliphatic rings. The van der Waals surface area contributed by atoms with Crippen LogP contribution in [0.1, 0.15) is 5.56 Å². The molecule has 0 radical (unpaired) electrons. The van der Waals surface area contributed by atoms with Crippen LogP contribution in [-0.2, 0) is 16.1 Å². The number of carbonyl (C=O) groups excluding carboxylic acids is 1. The SMILES string of the molecule is COCCNC(=O)CN(C)C(=S)NCc1ccc2c(c1)OCO2. The maximum absolute atomic E-state index is 11.7. The molecule has 7 nitrogen and oxygen atoms in total. The minimum atomic E-state index is -0.100. The molecule has 0 spiro atoms. The van der Waals surface area contributed by atoms with Gasteiger partial charge in [0.1, 0.15) is 0 Å². The Bertz CT molecular complexity index is 568. The second kappa shape index (κ2) is 8.54. The number of fused-ring (bicyclic) bond motifs is 1. The Kier molecular flexibility index (Phi) is 6.42. The third kappa shape index (κ3) is 5.26. The van der Waals surface area contributed by atoms with E-state index < -0.39 is 0 Å². The number of hydrogen-bond donors (Lipinski definition) is 2. The summed E-state index contributed by atoms with van der Waals surface area (Å²) in [6, 6.07) is 5.73. The summed E-state index contributed by atoms with van der Waals surface area (Å²) in [6.45, 7) is 1.97. The first kappa shape index (κ1) is 17.3. The van der Waals surface area contributed by atoms with Gasteiger partial charge in [0.15, 0.2) is 16.6 Å². The molecule has 1 amide bonds. The molecule has 23 heavy (non-hydrogen) atoms. The summed E-state index contributed by atoms with van der Waals surface area (Å²) in [6.07, 6.45) is 0. The summed E-state index contributed by atoms with van der Waals surface area (Å²) >= 11 is 5.28. The van der Waals surface area contributed by atoms with Crippen molar-refractivity contribution in [2.75, 3.05) is 40.6 Å². The van der Waals surface area contributed by atoms with E-state index in [4.69, 9.17) is 26.4 Å². The van der Waals surface area contributed by atoms with Crippen molar-refractivity contribution in [3.8, 4) is 11.5 Å². The van der Waals surface area contributed by atoms with Crippen LogP contribution in [-0.4, -0.2) is 56.6 Å². The molecule has 8 heteroatoms. The summed E-state index contributed by atoms with van der Waals surface area (Å²) in [4.78, 5) is 13.4. The molecule has 0 saturated heterocycles. The molecule has 0 bridgehead atoms. The molecule has 1 aromatic rings. The fourth-order valence-corrected chi connectivity index (χ4v) is 2.14. The highest BCUT2D eigenvalue weighted by molar-refractivity contribution is 7.80. The first-order valence-corrected chi connectivity index (χ1v) is 7.64. The molecule has 126 valence electrons. The van der Waals surface area contributed by atoms with E-state index in [0.717, 1.165) is 17.1 Å². The van der Waals surface area contributed by atoms with Crippen molar-refractivity contribution in [2.24, 2.45) is 0 Å².